The van der Waals surface area contributed by atoms with E-state index in [4.69, 9.17) is 0 Å². The number of hydrogen-bond donors (Lipinski definition) is 0. The third-order valence-corrected chi connectivity index (χ3v) is 10.8. The second kappa shape index (κ2) is 11.0. The third-order valence-electron chi connectivity index (χ3n) is 7.03. The molecule has 1 aliphatic rings. The number of anilines is 1. The van der Waals surface area contributed by atoms with Crippen LogP contribution in [0.4, 0.5) is 5.69 Å². The number of aryl methyl sites for hydroxylation is 1. The first-order valence-corrected chi connectivity index (χ1v) is 17.8. The summed E-state index contributed by atoms with van der Waals surface area (Å²) >= 11 is 3.14. The van der Waals surface area contributed by atoms with Gasteiger partial charge in [0.25, 0.3) is 5.01 Å². The number of hydrogen-bond acceptors (Lipinski definition) is 9. The average molecular weight is 626 g/mol. The van der Waals surface area contributed by atoms with Gasteiger partial charge in [0.15, 0.2) is 6.54 Å². The normalized spacial score (nSPS) is 15.0. The number of thiazole rings is 1. The van der Waals surface area contributed by atoms with E-state index in [2.05, 4.69) is 21.6 Å². The van der Waals surface area contributed by atoms with Crippen molar-refractivity contribution in [2.75, 3.05) is 23.0 Å². The highest BCUT2D eigenvalue weighted by atomic mass is 32.2. The molecule has 4 aromatic carbocycles. The molecule has 0 amide bonds. The zero-order chi connectivity index (χ0) is 28.8. The molecule has 6 rings (SSSR count). The molecule has 5 aromatic rings. The molecule has 0 saturated heterocycles. The Bertz CT molecular complexity index is 2050. The van der Waals surface area contributed by atoms with Crippen LogP contribution in [0.3, 0.4) is 0 Å². The van der Waals surface area contributed by atoms with Crippen molar-refractivity contribution in [2.24, 2.45) is 0 Å². The number of rotatable bonds is 9. The number of fused-ring (bicyclic) bond motifs is 6. The Balaban J connectivity index is 1.49. The maximum absolute atomic E-state index is 11.4. The summed E-state index contributed by atoms with van der Waals surface area (Å²) in [5.41, 5.74) is 1.94. The van der Waals surface area contributed by atoms with Crippen LogP contribution in [0.2, 0.25) is 0 Å². The molecule has 41 heavy (non-hydrogen) atoms. The average Bonchev–Trinajstić information content (AvgIpc) is 3.45. The molecular weight excluding hydrogens is 601 g/mol. The molecule has 1 aliphatic heterocycles. The van der Waals surface area contributed by atoms with Crippen LogP contribution >= 0.6 is 23.1 Å². The van der Waals surface area contributed by atoms with E-state index in [9.17, 15) is 25.9 Å². The maximum Gasteiger partial charge on any atom is 0.265 e. The molecule has 0 N–H and O–H groups in total. The lowest BCUT2D eigenvalue weighted by atomic mass is 10.1. The van der Waals surface area contributed by atoms with Gasteiger partial charge in [-0.1, -0.05) is 77.7 Å². The molecule has 0 fully saturated rings. The Morgan fingerprint density at radius 1 is 0.780 bits per heavy atom. The summed E-state index contributed by atoms with van der Waals surface area (Å²) in [6, 6.07) is 24.2. The van der Waals surface area contributed by atoms with Crippen molar-refractivity contribution in [3.8, 4) is 0 Å². The number of benzene rings is 4. The summed E-state index contributed by atoms with van der Waals surface area (Å²) in [5.74, 6) is -0.916. The summed E-state index contributed by atoms with van der Waals surface area (Å²) < 4.78 is 71.5. The highest BCUT2D eigenvalue weighted by molar-refractivity contribution is 8.04. The van der Waals surface area contributed by atoms with Gasteiger partial charge in [-0.3, -0.25) is 0 Å². The Morgan fingerprint density at radius 2 is 1.41 bits per heavy atom. The van der Waals surface area contributed by atoms with Gasteiger partial charge in [0, 0.05) is 34.8 Å². The second-order valence-corrected chi connectivity index (χ2v) is 15.0. The van der Waals surface area contributed by atoms with Crippen LogP contribution in [0.25, 0.3) is 37.8 Å². The Morgan fingerprint density at radius 3 is 2.15 bits per heavy atom. The Kier molecular flexibility index (Phi) is 7.55. The first kappa shape index (κ1) is 28.1. The molecule has 0 aliphatic carbocycles. The number of nitrogens with zero attached hydrogens (tertiary/aromatic N) is 2. The zero-order valence-corrected chi connectivity index (χ0v) is 25.0. The van der Waals surface area contributed by atoms with Crippen LogP contribution in [-0.2, 0) is 26.8 Å². The first-order chi connectivity index (χ1) is 19.6. The van der Waals surface area contributed by atoms with Crippen molar-refractivity contribution in [3.05, 3.63) is 82.8 Å². The van der Waals surface area contributed by atoms with Gasteiger partial charge in [0.05, 0.1) is 42.4 Å². The summed E-state index contributed by atoms with van der Waals surface area (Å²) in [4.78, 5) is 3.10. The van der Waals surface area contributed by atoms with Crippen LogP contribution in [-0.4, -0.2) is 44.0 Å². The molecule has 212 valence electrons. The van der Waals surface area contributed by atoms with Crippen LogP contribution in [0.1, 0.15) is 17.8 Å². The molecule has 0 unspecified atom stereocenters. The van der Waals surface area contributed by atoms with Crippen LogP contribution in [0, 0.1) is 0 Å². The van der Waals surface area contributed by atoms with Crippen molar-refractivity contribution in [3.63, 3.8) is 0 Å². The van der Waals surface area contributed by atoms with E-state index in [-0.39, 0.29) is 12.8 Å². The number of thioether (sulfide) groups is 1. The zero-order valence-electron chi connectivity index (χ0n) is 21.7. The van der Waals surface area contributed by atoms with E-state index < -0.39 is 31.7 Å². The lowest BCUT2D eigenvalue weighted by molar-refractivity contribution is -0.667. The lowest BCUT2D eigenvalue weighted by Crippen LogP contribution is -2.36. The van der Waals surface area contributed by atoms with Crippen molar-refractivity contribution in [1.29, 1.82) is 0 Å². The van der Waals surface area contributed by atoms with Gasteiger partial charge < -0.3 is 14.0 Å². The van der Waals surface area contributed by atoms with Gasteiger partial charge in [0.2, 0.25) is 5.52 Å². The standard InChI is InChI=1S/C29H26N2O6S4/c32-40(33,34)17-5-15-30-26(38-24-13-11-20-7-1-3-9-22(20)28(24)30)19-27-31(16-6-18-41(35,36)37)29-23-10-4-2-8-21(23)12-14-25(29)39-27/h1-4,7-14,19H,5-6,15-18H2,(H-,32,33,34,35,36,37)/p-1. The van der Waals surface area contributed by atoms with Crippen LogP contribution in [0.15, 0.2) is 82.7 Å². The lowest BCUT2D eigenvalue weighted by Gasteiger charge is -2.22. The largest absolute Gasteiger partial charge is 0.748 e. The summed E-state index contributed by atoms with van der Waals surface area (Å²) in [5, 5.41) is 5.92. The molecule has 0 bridgehead atoms. The molecule has 2 heterocycles. The van der Waals surface area contributed by atoms with Gasteiger partial charge in [-0.05, 0) is 35.4 Å². The minimum atomic E-state index is -4.36. The molecule has 0 spiro atoms. The maximum atomic E-state index is 11.4. The van der Waals surface area contributed by atoms with E-state index in [0.29, 0.717) is 13.1 Å². The van der Waals surface area contributed by atoms with E-state index in [1.54, 1.807) is 23.1 Å². The minimum Gasteiger partial charge on any atom is -0.748 e. The summed E-state index contributed by atoms with van der Waals surface area (Å²) in [6.07, 6.45) is 2.38. The number of aromatic nitrogens is 1. The summed E-state index contributed by atoms with van der Waals surface area (Å²) in [7, 11) is -8.72. The first-order valence-electron chi connectivity index (χ1n) is 13.0. The smallest absolute Gasteiger partial charge is 0.265 e. The topological polar surface area (TPSA) is 122 Å². The second-order valence-electron chi connectivity index (χ2n) is 9.83. The van der Waals surface area contributed by atoms with E-state index in [1.807, 2.05) is 66.7 Å². The predicted octanol–water partition coefficient (Wildman–Crippen LogP) is 5.28. The SMILES string of the molecule is O=S(=O)([O-])CCCN1C(=Cc2sc3ccc4ccccc4c3[n+]2CCCS(=O)(=O)[O-])Sc2ccc3ccccc3c21. The molecule has 8 nitrogen and oxygen atoms in total. The van der Waals surface area contributed by atoms with Crippen molar-refractivity contribution < 1.29 is 30.5 Å². The highest BCUT2D eigenvalue weighted by Crippen LogP contribution is 2.50. The van der Waals surface area contributed by atoms with E-state index >= 15 is 0 Å². The van der Waals surface area contributed by atoms with Crippen molar-refractivity contribution in [2.45, 2.75) is 24.3 Å². The fourth-order valence-electron chi connectivity index (χ4n) is 5.31. The predicted molar refractivity (Wildman–Crippen MR) is 163 cm³/mol. The van der Waals surface area contributed by atoms with E-state index in [1.165, 1.54) is 0 Å². The van der Waals surface area contributed by atoms with Gasteiger partial charge in [0.1, 0.15) is 4.70 Å². The third kappa shape index (κ3) is 5.99. The molecule has 0 saturated carbocycles. The van der Waals surface area contributed by atoms with Crippen LogP contribution < -0.4 is 9.47 Å². The Hall–Kier alpha value is -3.00. The summed E-state index contributed by atoms with van der Waals surface area (Å²) in [6.45, 7) is 0.674. The van der Waals surface area contributed by atoms with E-state index in [0.717, 1.165) is 52.4 Å². The highest BCUT2D eigenvalue weighted by Gasteiger charge is 2.30. The molecular formula is C29H25N2O6S4-. The molecule has 0 radical (unpaired) electrons. The molecule has 12 heteroatoms. The van der Waals surface area contributed by atoms with Gasteiger partial charge in [-0.2, -0.15) is 4.57 Å². The Labute approximate surface area is 246 Å². The molecule has 0 atom stereocenters. The molecule has 1 aromatic heterocycles. The fourth-order valence-corrected chi connectivity index (χ4v) is 8.63. The quantitative estimate of drug-likeness (QED) is 0.160. The van der Waals surface area contributed by atoms with Gasteiger partial charge in [-0.15, -0.1) is 0 Å². The van der Waals surface area contributed by atoms with Gasteiger partial charge in [-0.25, -0.2) is 16.8 Å². The van der Waals surface area contributed by atoms with Crippen molar-refractivity contribution in [1.82, 2.24) is 0 Å². The van der Waals surface area contributed by atoms with Gasteiger partial charge >= 0.3 is 0 Å². The fraction of sp³-hybridized carbons (Fsp3) is 0.207. The monoisotopic (exact) mass is 625 g/mol. The minimum absolute atomic E-state index is 0.171. The van der Waals surface area contributed by atoms with Crippen molar-refractivity contribution >= 4 is 86.9 Å². The van der Waals surface area contributed by atoms with Crippen LogP contribution in [0.5, 0.6) is 0 Å².